The minimum Gasteiger partial charge on any atom is -0.324 e. The fourth-order valence-corrected chi connectivity index (χ4v) is 2.48. The molecule has 0 aliphatic rings. The van der Waals surface area contributed by atoms with Gasteiger partial charge in [0.15, 0.2) is 5.78 Å². The number of carbonyl (C=O) groups excluding carboxylic acids is 2. The standard InChI is InChI=1S/C20H18N2O2/c1-14-8-9-16(15(2)23)13-19(14)21-20(24)17-6-5-7-18(12-17)22-10-3-4-11-22/h3-13H,1-2H3,(H,21,24). The number of ketones is 1. The van der Waals surface area contributed by atoms with E-state index in [9.17, 15) is 9.59 Å². The molecule has 120 valence electrons. The molecule has 0 fully saturated rings. The van der Waals surface area contributed by atoms with E-state index < -0.39 is 0 Å². The van der Waals surface area contributed by atoms with Crippen molar-refractivity contribution in [2.24, 2.45) is 0 Å². The van der Waals surface area contributed by atoms with Crippen molar-refractivity contribution in [1.29, 1.82) is 0 Å². The highest BCUT2D eigenvalue weighted by molar-refractivity contribution is 6.05. The molecule has 4 nitrogen and oxygen atoms in total. The summed E-state index contributed by atoms with van der Waals surface area (Å²) in [6.45, 7) is 3.41. The number of Topliss-reactive ketones (excluding diaryl/α,β-unsaturated/α-hetero) is 1. The van der Waals surface area contributed by atoms with Crippen LogP contribution in [0.5, 0.6) is 0 Å². The molecule has 3 aromatic rings. The predicted molar refractivity (Wildman–Crippen MR) is 94.9 cm³/mol. The van der Waals surface area contributed by atoms with Gasteiger partial charge in [-0.25, -0.2) is 0 Å². The topological polar surface area (TPSA) is 51.1 Å². The first-order chi connectivity index (χ1) is 11.5. The van der Waals surface area contributed by atoms with Gasteiger partial charge in [-0.1, -0.05) is 18.2 Å². The number of hydrogen-bond donors (Lipinski definition) is 1. The maximum absolute atomic E-state index is 12.6. The second-order valence-corrected chi connectivity index (χ2v) is 5.68. The molecule has 0 saturated carbocycles. The zero-order valence-electron chi connectivity index (χ0n) is 13.6. The van der Waals surface area contributed by atoms with Crippen molar-refractivity contribution in [3.8, 4) is 5.69 Å². The normalized spacial score (nSPS) is 10.4. The SMILES string of the molecule is CC(=O)c1ccc(C)c(NC(=O)c2cccc(-n3cccc3)c2)c1. The molecule has 0 aliphatic carbocycles. The number of carbonyl (C=O) groups is 2. The van der Waals surface area contributed by atoms with E-state index in [-0.39, 0.29) is 11.7 Å². The Labute approximate surface area is 140 Å². The zero-order chi connectivity index (χ0) is 17.1. The number of hydrogen-bond acceptors (Lipinski definition) is 2. The first-order valence-corrected chi connectivity index (χ1v) is 7.71. The Morgan fingerprint density at radius 3 is 2.38 bits per heavy atom. The molecule has 3 rings (SSSR count). The maximum Gasteiger partial charge on any atom is 0.255 e. The molecule has 0 saturated heterocycles. The van der Waals surface area contributed by atoms with Crippen molar-refractivity contribution < 1.29 is 9.59 Å². The molecule has 0 radical (unpaired) electrons. The summed E-state index contributed by atoms with van der Waals surface area (Å²) < 4.78 is 1.94. The number of anilines is 1. The fourth-order valence-electron chi connectivity index (χ4n) is 2.48. The van der Waals surface area contributed by atoms with E-state index in [1.54, 1.807) is 18.2 Å². The quantitative estimate of drug-likeness (QED) is 0.731. The molecular weight excluding hydrogens is 300 g/mol. The Morgan fingerprint density at radius 2 is 1.67 bits per heavy atom. The van der Waals surface area contributed by atoms with Crippen LogP contribution in [0.25, 0.3) is 5.69 Å². The number of aryl methyl sites for hydroxylation is 1. The van der Waals surface area contributed by atoms with Gasteiger partial charge in [0.25, 0.3) is 5.91 Å². The minimum atomic E-state index is -0.201. The van der Waals surface area contributed by atoms with E-state index >= 15 is 0 Å². The van der Waals surface area contributed by atoms with E-state index in [0.29, 0.717) is 16.8 Å². The van der Waals surface area contributed by atoms with Crippen molar-refractivity contribution >= 4 is 17.4 Å². The van der Waals surface area contributed by atoms with Gasteiger partial charge in [-0.15, -0.1) is 0 Å². The predicted octanol–water partition coefficient (Wildman–Crippen LogP) is 4.24. The number of aromatic nitrogens is 1. The molecule has 1 amide bonds. The van der Waals surface area contributed by atoms with E-state index in [2.05, 4.69) is 5.32 Å². The molecule has 1 heterocycles. The van der Waals surface area contributed by atoms with Crippen molar-refractivity contribution in [2.75, 3.05) is 5.32 Å². The lowest BCUT2D eigenvalue weighted by Crippen LogP contribution is -2.13. The fraction of sp³-hybridized carbons (Fsp3) is 0.100. The largest absolute Gasteiger partial charge is 0.324 e. The van der Waals surface area contributed by atoms with Gasteiger partial charge in [0.2, 0.25) is 0 Å². The van der Waals surface area contributed by atoms with Gasteiger partial charge in [-0.3, -0.25) is 9.59 Å². The smallest absolute Gasteiger partial charge is 0.255 e. The Kier molecular flexibility index (Phi) is 4.29. The van der Waals surface area contributed by atoms with E-state index in [0.717, 1.165) is 11.3 Å². The highest BCUT2D eigenvalue weighted by Gasteiger charge is 2.10. The first-order valence-electron chi connectivity index (χ1n) is 7.71. The number of benzene rings is 2. The summed E-state index contributed by atoms with van der Waals surface area (Å²) in [5.74, 6) is -0.229. The lowest BCUT2D eigenvalue weighted by atomic mass is 10.1. The summed E-state index contributed by atoms with van der Waals surface area (Å²) in [5.41, 5.74) is 3.63. The summed E-state index contributed by atoms with van der Waals surface area (Å²) in [5, 5.41) is 2.89. The third kappa shape index (κ3) is 3.27. The molecule has 4 heteroatoms. The van der Waals surface area contributed by atoms with Gasteiger partial charge in [-0.05, 0) is 55.8 Å². The van der Waals surface area contributed by atoms with Gasteiger partial charge < -0.3 is 9.88 Å². The molecular formula is C20H18N2O2. The van der Waals surface area contributed by atoms with Gasteiger partial charge in [0, 0.05) is 34.9 Å². The molecule has 1 N–H and O–H groups in total. The van der Waals surface area contributed by atoms with E-state index in [1.807, 2.05) is 60.3 Å². The molecule has 24 heavy (non-hydrogen) atoms. The number of amides is 1. The first kappa shape index (κ1) is 15.7. The second kappa shape index (κ2) is 6.54. The van der Waals surface area contributed by atoms with Crippen LogP contribution in [0.2, 0.25) is 0 Å². The molecule has 0 aliphatic heterocycles. The average Bonchev–Trinajstić information content (AvgIpc) is 3.11. The molecule has 0 unspecified atom stereocenters. The van der Waals surface area contributed by atoms with E-state index in [4.69, 9.17) is 0 Å². The van der Waals surface area contributed by atoms with Crippen molar-refractivity contribution in [3.05, 3.63) is 83.7 Å². The second-order valence-electron chi connectivity index (χ2n) is 5.68. The lowest BCUT2D eigenvalue weighted by Gasteiger charge is -2.11. The number of rotatable bonds is 4. The van der Waals surface area contributed by atoms with Crippen LogP contribution in [-0.4, -0.2) is 16.3 Å². The van der Waals surface area contributed by atoms with Crippen LogP contribution in [0, 0.1) is 6.92 Å². The zero-order valence-corrected chi connectivity index (χ0v) is 13.6. The van der Waals surface area contributed by atoms with Gasteiger partial charge in [-0.2, -0.15) is 0 Å². The highest BCUT2D eigenvalue weighted by atomic mass is 16.1. The van der Waals surface area contributed by atoms with Crippen molar-refractivity contribution in [2.45, 2.75) is 13.8 Å². The average molecular weight is 318 g/mol. The van der Waals surface area contributed by atoms with E-state index in [1.165, 1.54) is 6.92 Å². The van der Waals surface area contributed by atoms with Crippen LogP contribution >= 0.6 is 0 Å². The lowest BCUT2D eigenvalue weighted by molar-refractivity contribution is 0.101. The van der Waals surface area contributed by atoms with Gasteiger partial charge in [0.05, 0.1) is 0 Å². The Morgan fingerprint density at radius 1 is 0.917 bits per heavy atom. The maximum atomic E-state index is 12.6. The van der Waals surface area contributed by atoms with Crippen LogP contribution in [0.15, 0.2) is 67.0 Å². The van der Waals surface area contributed by atoms with Crippen LogP contribution in [0.1, 0.15) is 33.2 Å². The third-order valence-electron chi connectivity index (χ3n) is 3.90. The van der Waals surface area contributed by atoms with Gasteiger partial charge in [0.1, 0.15) is 0 Å². The van der Waals surface area contributed by atoms with Crippen LogP contribution in [0.4, 0.5) is 5.69 Å². The molecule has 0 bridgehead atoms. The third-order valence-corrected chi connectivity index (χ3v) is 3.90. The Balaban J connectivity index is 1.87. The summed E-state index contributed by atoms with van der Waals surface area (Å²) in [4.78, 5) is 24.1. The summed E-state index contributed by atoms with van der Waals surface area (Å²) >= 11 is 0. The minimum absolute atomic E-state index is 0.0277. The molecule has 0 spiro atoms. The van der Waals surface area contributed by atoms with Crippen LogP contribution in [-0.2, 0) is 0 Å². The monoisotopic (exact) mass is 318 g/mol. The molecule has 2 aromatic carbocycles. The Hall–Kier alpha value is -3.14. The van der Waals surface area contributed by atoms with Gasteiger partial charge >= 0.3 is 0 Å². The summed E-state index contributed by atoms with van der Waals surface area (Å²) in [6.07, 6.45) is 3.86. The molecule has 0 atom stereocenters. The molecule has 1 aromatic heterocycles. The van der Waals surface area contributed by atoms with Crippen molar-refractivity contribution in [3.63, 3.8) is 0 Å². The number of nitrogens with zero attached hydrogens (tertiary/aromatic N) is 1. The summed E-state index contributed by atoms with van der Waals surface area (Å²) in [6, 6.07) is 16.6. The highest BCUT2D eigenvalue weighted by Crippen LogP contribution is 2.19. The Bertz CT molecular complexity index is 896. The van der Waals surface area contributed by atoms with Crippen LogP contribution < -0.4 is 5.32 Å². The van der Waals surface area contributed by atoms with Crippen molar-refractivity contribution in [1.82, 2.24) is 4.57 Å². The van der Waals surface area contributed by atoms with Crippen LogP contribution in [0.3, 0.4) is 0 Å². The summed E-state index contributed by atoms with van der Waals surface area (Å²) in [7, 11) is 0. The number of nitrogens with one attached hydrogen (secondary N) is 1.